The Bertz CT molecular complexity index is 485. The lowest BCUT2D eigenvalue weighted by molar-refractivity contribution is 0.618. The van der Waals surface area contributed by atoms with E-state index >= 15 is 0 Å². The molecule has 0 spiro atoms. The molecular weight excluding hydrogens is 222 g/mol. The van der Waals surface area contributed by atoms with Gasteiger partial charge in [0.1, 0.15) is 0 Å². The van der Waals surface area contributed by atoms with Crippen LogP contribution in [0.4, 0.5) is 0 Å². The minimum absolute atomic E-state index is 0.0717. The Balaban J connectivity index is 2.15. The van der Waals surface area contributed by atoms with E-state index < -0.39 is 0 Å². The second-order valence-electron chi connectivity index (χ2n) is 4.63. The third-order valence-electron chi connectivity index (χ3n) is 3.35. The summed E-state index contributed by atoms with van der Waals surface area (Å²) in [5.41, 5.74) is 9.84. The lowest BCUT2D eigenvalue weighted by Crippen LogP contribution is -2.14. The van der Waals surface area contributed by atoms with Crippen molar-refractivity contribution < 1.29 is 0 Å². The Kier molecular flexibility index (Phi) is 4.15. The molecule has 0 aliphatic carbocycles. The van der Waals surface area contributed by atoms with Crippen LogP contribution in [0.5, 0.6) is 0 Å². The summed E-state index contributed by atoms with van der Waals surface area (Å²) < 4.78 is 2.13. The van der Waals surface area contributed by atoms with E-state index in [1.165, 1.54) is 11.1 Å². The molecule has 1 aromatic carbocycles. The molecule has 0 fully saturated rings. The second-order valence-corrected chi connectivity index (χ2v) is 4.63. The number of imidazole rings is 1. The van der Waals surface area contributed by atoms with Crippen molar-refractivity contribution in [2.75, 3.05) is 0 Å². The van der Waals surface area contributed by atoms with Gasteiger partial charge in [-0.15, -0.1) is 0 Å². The molecule has 0 bridgehead atoms. The molecule has 1 atom stereocenters. The van der Waals surface area contributed by atoms with Gasteiger partial charge >= 0.3 is 0 Å². The highest BCUT2D eigenvalue weighted by Gasteiger charge is 2.09. The minimum Gasteiger partial charge on any atom is -0.329 e. The summed E-state index contributed by atoms with van der Waals surface area (Å²) in [5.74, 6) is 0. The lowest BCUT2D eigenvalue weighted by Gasteiger charge is -2.13. The first-order chi connectivity index (χ1) is 8.74. The summed E-state index contributed by atoms with van der Waals surface area (Å²) in [7, 11) is 0. The molecule has 2 aromatic rings. The van der Waals surface area contributed by atoms with E-state index in [4.69, 9.17) is 5.73 Å². The number of aromatic nitrogens is 2. The fourth-order valence-corrected chi connectivity index (χ4v) is 2.06. The summed E-state index contributed by atoms with van der Waals surface area (Å²) in [4.78, 5) is 4.20. The van der Waals surface area contributed by atoms with Crippen LogP contribution in [0.3, 0.4) is 0 Å². The standard InChI is InChI=1S/C15H21N3/c1-3-12-5-7-13(8-6-12)10-18-11-17-9-15(18)14(16)4-2/h5-9,11,14H,3-4,10,16H2,1-2H3/t14-/m1/s1. The maximum Gasteiger partial charge on any atom is 0.0951 e. The fourth-order valence-electron chi connectivity index (χ4n) is 2.06. The smallest absolute Gasteiger partial charge is 0.0951 e. The van der Waals surface area contributed by atoms with E-state index in [-0.39, 0.29) is 6.04 Å². The maximum atomic E-state index is 6.08. The van der Waals surface area contributed by atoms with Crippen LogP contribution in [-0.2, 0) is 13.0 Å². The van der Waals surface area contributed by atoms with Crippen LogP contribution in [0.15, 0.2) is 36.8 Å². The van der Waals surface area contributed by atoms with Gasteiger partial charge in [-0.1, -0.05) is 38.1 Å². The molecule has 2 rings (SSSR count). The van der Waals surface area contributed by atoms with Gasteiger partial charge in [0.25, 0.3) is 0 Å². The first kappa shape index (κ1) is 12.8. The SMILES string of the molecule is CCc1ccc(Cn2cncc2[C@H](N)CC)cc1. The molecule has 0 radical (unpaired) electrons. The predicted octanol–water partition coefficient (Wildman–Crippen LogP) is 2.90. The molecular formula is C15H21N3. The van der Waals surface area contributed by atoms with Crippen molar-refractivity contribution in [2.24, 2.45) is 5.73 Å². The van der Waals surface area contributed by atoms with Crippen LogP contribution in [0.25, 0.3) is 0 Å². The number of rotatable bonds is 5. The van der Waals surface area contributed by atoms with Gasteiger partial charge in [-0.05, 0) is 24.0 Å². The highest BCUT2D eigenvalue weighted by atomic mass is 15.1. The topological polar surface area (TPSA) is 43.8 Å². The second kappa shape index (κ2) is 5.83. The Morgan fingerprint density at radius 2 is 1.83 bits per heavy atom. The molecule has 0 amide bonds. The number of hydrogen-bond acceptors (Lipinski definition) is 2. The van der Waals surface area contributed by atoms with Gasteiger partial charge < -0.3 is 10.3 Å². The number of benzene rings is 1. The van der Waals surface area contributed by atoms with Crippen molar-refractivity contribution in [3.8, 4) is 0 Å². The van der Waals surface area contributed by atoms with Gasteiger partial charge in [0.15, 0.2) is 0 Å². The number of hydrogen-bond donors (Lipinski definition) is 1. The van der Waals surface area contributed by atoms with E-state index in [0.717, 1.165) is 25.1 Å². The van der Waals surface area contributed by atoms with Crippen molar-refractivity contribution >= 4 is 0 Å². The Morgan fingerprint density at radius 1 is 1.17 bits per heavy atom. The Labute approximate surface area is 109 Å². The largest absolute Gasteiger partial charge is 0.329 e. The molecule has 0 aliphatic heterocycles. The van der Waals surface area contributed by atoms with E-state index in [9.17, 15) is 0 Å². The quantitative estimate of drug-likeness (QED) is 0.877. The van der Waals surface area contributed by atoms with Gasteiger partial charge in [0, 0.05) is 18.8 Å². The summed E-state index contributed by atoms with van der Waals surface area (Å²) in [6.07, 6.45) is 5.74. The van der Waals surface area contributed by atoms with Crippen molar-refractivity contribution in [1.29, 1.82) is 0 Å². The first-order valence-electron chi connectivity index (χ1n) is 6.58. The van der Waals surface area contributed by atoms with E-state index in [1.807, 2.05) is 12.5 Å². The molecule has 1 aromatic heterocycles. The maximum absolute atomic E-state index is 6.08. The van der Waals surface area contributed by atoms with Crippen LogP contribution < -0.4 is 5.73 Å². The molecule has 0 saturated heterocycles. The molecule has 2 N–H and O–H groups in total. The monoisotopic (exact) mass is 243 g/mol. The van der Waals surface area contributed by atoms with Gasteiger partial charge in [-0.2, -0.15) is 0 Å². The highest BCUT2D eigenvalue weighted by Crippen LogP contribution is 2.15. The Hall–Kier alpha value is -1.61. The molecule has 3 heteroatoms. The third kappa shape index (κ3) is 2.79. The predicted molar refractivity (Wildman–Crippen MR) is 74.4 cm³/mol. The van der Waals surface area contributed by atoms with E-state index in [2.05, 4.69) is 47.7 Å². The highest BCUT2D eigenvalue weighted by molar-refractivity contribution is 5.23. The summed E-state index contributed by atoms with van der Waals surface area (Å²) in [6, 6.07) is 8.81. The zero-order valence-corrected chi connectivity index (χ0v) is 11.1. The van der Waals surface area contributed by atoms with Crippen molar-refractivity contribution in [2.45, 2.75) is 39.3 Å². The normalized spacial score (nSPS) is 12.6. The van der Waals surface area contributed by atoms with Crippen molar-refractivity contribution in [3.63, 3.8) is 0 Å². The summed E-state index contributed by atoms with van der Waals surface area (Å²) in [5, 5.41) is 0. The minimum atomic E-state index is 0.0717. The molecule has 0 saturated carbocycles. The molecule has 3 nitrogen and oxygen atoms in total. The van der Waals surface area contributed by atoms with Crippen molar-refractivity contribution in [3.05, 3.63) is 53.6 Å². The average Bonchev–Trinajstić information content (AvgIpc) is 2.87. The van der Waals surface area contributed by atoms with Crippen LogP contribution in [0.1, 0.15) is 43.1 Å². The van der Waals surface area contributed by atoms with Crippen LogP contribution >= 0.6 is 0 Å². The van der Waals surface area contributed by atoms with Gasteiger partial charge in [-0.3, -0.25) is 0 Å². The third-order valence-corrected chi connectivity index (χ3v) is 3.35. The van der Waals surface area contributed by atoms with Gasteiger partial charge in [0.2, 0.25) is 0 Å². The van der Waals surface area contributed by atoms with Gasteiger partial charge in [-0.25, -0.2) is 4.98 Å². The molecule has 0 unspecified atom stereocenters. The zero-order chi connectivity index (χ0) is 13.0. The number of nitrogens with zero attached hydrogens (tertiary/aromatic N) is 2. The van der Waals surface area contributed by atoms with Gasteiger partial charge in [0.05, 0.1) is 12.0 Å². The summed E-state index contributed by atoms with van der Waals surface area (Å²) in [6.45, 7) is 5.11. The van der Waals surface area contributed by atoms with Crippen LogP contribution in [0, 0.1) is 0 Å². The Morgan fingerprint density at radius 3 is 2.44 bits per heavy atom. The lowest BCUT2D eigenvalue weighted by atomic mass is 10.1. The fraction of sp³-hybridized carbons (Fsp3) is 0.400. The van der Waals surface area contributed by atoms with Crippen LogP contribution in [0.2, 0.25) is 0 Å². The zero-order valence-electron chi connectivity index (χ0n) is 11.1. The number of aryl methyl sites for hydroxylation is 1. The van der Waals surface area contributed by atoms with E-state index in [1.54, 1.807) is 0 Å². The molecule has 96 valence electrons. The van der Waals surface area contributed by atoms with Crippen molar-refractivity contribution in [1.82, 2.24) is 9.55 Å². The molecule has 1 heterocycles. The molecule has 0 aliphatic rings. The average molecular weight is 243 g/mol. The number of nitrogens with two attached hydrogens (primary N) is 1. The van der Waals surface area contributed by atoms with E-state index in [0.29, 0.717) is 0 Å². The summed E-state index contributed by atoms with van der Waals surface area (Å²) >= 11 is 0. The van der Waals surface area contributed by atoms with Crippen LogP contribution in [-0.4, -0.2) is 9.55 Å². The molecule has 18 heavy (non-hydrogen) atoms. The first-order valence-corrected chi connectivity index (χ1v) is 6.58.